The smallest absolute Gasteiger partial charge is 0.118 e. The molecule has 4 heteroatoms. The summed E-state index contributed by atoms with van der Waals surface area (Å²) in [5, 5.41) is 11.0. The normalized spacial score (nSPS) is 10.5. The molecule has 88 valence electrons. The second-order valence-electron chi connectivity index (χ2n) is 4.25. The van der Waals surface area contributed by atoms with Gasteiger partial charge in [-0.3, -0.25) is 4.99 Å². The van der Waals surface area contributed by atoms with Crippen molar-refractivity contribution in [3.05, 3.63) is 34.5 Å². The highest BCUT2D eigenvalue weighted by Crippen LogP contribution is 2.26. The van der Waals surface area contributed by atoms with Gasteiger partial charge in [-0.15, -0.1) is 0 Å². The summed E-state index contributed by atoms with van der Waals surface area (Å²) >= 11 is 0. The highest BCUT2D eigenvalue weighted by Gasteiger charge is 2.12. The first-order valence-corrected chi connectivity index (χ1v) is 5.54. The Labute approximate surface area is 101 Å². The monoisotopic (exact) mass is 228 g/mol. The predicted molar refractivity (Wildman–Crippen MR) is 69.3 cm³/mol. The van der Waals surface area contributed by atoms with E-state index in [0.29, 0.717) is 6.54 Å². The van der Waals surface area contributed by atoms with E-state index in [1.165, 1.54) is 16.7 Å². The summed E-state index contributed by atoms with van der Waals surface area (Å²) in [5.74, 6) is 0. The zero-order valence-corrected chi connectivity index (χ0v) is 10.4. The maximum Gasteiger partial charge on any atom is 0.118 e. The van der Waals surface area contributed by atoms with Crippen LogP contribution in [0.15, 0.2) is 17.1 Å². The molecule has 0 atom stereocenters. The molecule has 1 heterocycles. The van der Waals surface area contributed by atoms with E-state index in [1.54, 1.807) is 0 Å². The van der Waals surface area contributed by atoms with E-state index in [-0.39, 0.29) is 0 Å². The summed E-state index contributed by atoms with van der Waals surface area (Å²) in [6.07, 6.45) is 0. The molecule has 0 aliphatic heterocycles. The molecule has 0 aliphatic rings. The van der Waals surface area contributed by atoms with Crippen molar-refractivity contribution in [2.45, 2.75) is 27.3 Å². The minimum absolute atomic E-state index is 0.484. The first-order chi connectivity index (χ1) is 8.13. The van der Waals surface area contributed by atoms with Gasteiger partial charge in [-0.2, -0.15) is 15.4 Å². The summed E-state index contributed by atoms with van der Waals surface area (Å²) in [6.45, 7) is 10.3. The Morgan fingerprint density at radius 3 is 2.53 bits per heavy atom. The summed E-state index contributed by atoms with van der Waals surface area (Å²) < 4.78 is 0. The molecule has 0 aliphatic carbocycles. The standard InChI is InChI=1S/C13H16N4/c1-8-5-10(3)11(6-9(8)2)13-12(7-14-4)15-17-16-13/h5-6H,4,7H2,1-3H3,(H,15,16,17). The number of nitrogens with zero attached hydrogens (tertiary/aromatic N) is 3. The number of rotatable bonds is 3. The quantitative estimate of drug-likeness (QED) is 0.821. The van der Waals surface area contributed by atoms with Gasteiger partial charge in [0.05, 0.1) is 6.54 Å². The van der Waals surface area contributed by atoms with Gasteiger partial charge in [-0.05, 0) is 50.2 Å². The van der Waals surface area contributed by atoms with Crippen LogP contribution >= 0.6 is 0 Å². The molecule has 0 radical (unpaired) electrons. The van der Waals surface area contributed by atoms with Crippen LogP contribution in [0.25, 0.3) is 11.3 Å². The summed E-state index contributed by atoms with van der Waals surface area (Å²) in [5.41, 5.74) is 6.57. The van der Waals surface area contributed by atoms with Crippen LogP contribution in [0.4, 0.5) is 0 Å². The van der Waals surface area contributed by atoms with Crippen molar-refractivity contribution in [2.24, 2.45) is 4.99 Å². The van der Waals surface area contributed by atoms with Crippen molar-refractivity contribution in [3.8, 4) is 11.3 Å². The second-order valence-corrected chi connectivity index (χ2v) is 4.25. The van der Waals surface area contributed by atoms with Gasteiger partial charge in [0, 0.05) is 5.56 Å². The van der Waals surface area contributed by atoms with Gasteiger partial charge in [0.1, 0.15) is 11.4 Å². The molecule has 0 saturated carbocycles. The Kier molecular flexibility index (Phi) is 3.04. The molecule has 2 aromatic rings. The van der Waals surface area contributed by atoms with E-state index < -0.39 is 0 Å². The van der Waals surface area contributed by atoms with Crippen LogP contribution in [-0.2, 0) is 6.54 Å². The average Bonchev–Trinajstić information content (AvgIpc) is 2.72. The fraction of sp³-hybridized carbons (Fsp3) is 0.308. The van der Waals surface area contributed by atoms with E-state index in [1.807, 2.05) is 0 Å². The van der Waals surface area contributed by atoms with E-state index in [4.69, 9.17) is 0 Å². The molecular weight excluding hydrogens is 212 g/mol. The molecule has 0 bridgehead atoms. The largest absolute Gasteiger partial charge is 0.294 e. The third kappa shape index (κ3) is 2.11. The van der Waals surface area contributed by atoms with Gasteiger partial charge in [0.15, 0.2) is 0 Å². The van der Waals surface area contributed by atoms with Crippen molar-refractivity contribution < 1.29 is 0 Å². The minimum atomic E-state index is 0.484. The van der Waals surface area contributed by atoms with Crippen LogP contribution in [0.2, 0.25) is 0 Å². The number of H-pyrrole nitrogens is 1. The van der Waals surface area contributed by atoms with Crippen LogP contribution in [-0.4, -0.2) is 22.1 Å². The molecule has 4 nitrogen and oxygen atoms in total. The summed E-state index contributed by atoms with van der Waals surface area (Å²) in [6, 6.07) is 4.32. The topological polar surface area (TPSA) is 53.9 Å². The van der Waals surface area contributed by atoms with Gasteiger partial charge in [0.25, 0.3) is 0 Å². The molecule has 0 unspecified atom stereocenters. The first-order valence-electron chi connectivity index (χ1n) is 5.54. The van der Waals surface area contributed by atoms with Crippen molar-refractivity contribution >= 4 is 6.72 Å². The first kappa shape index (κ1) is 11.5. The number of hydrogen-bond acceptors (Lipinski definition) is 3. The zero-order chi connectivity index (χ0) is 12.4. The highest BCUT2D eigenvalue weighted by atomic mass is 15.3. The Morgan fingerprint density at radius 1 is 1.12 bits per heavy atom. The van der Waals surface area contributed by atoms with Crippen molar-refractivity contribution in [1.82, 2.24) is 15.4 Å². The zero-order valence-electron chi connectivity index (χ0n) is 10.4. The average molecular weight is 228 g/mol. The third-order valence-corrected chi connectivity index (χ3v) is 2.98. The molecule has 0 fully saturated rings. The number of aliphatic imine (C=N–C) groups is 1. The third-order valence-electron chi connectivity index (χ3n) is 2.98. The van der Waals surface area contributed by atoms with Gasteiger partial charge in [-0.25, -0.2) is 0 Å². The molecular formula is C13H16N4. The number of hydrogen-bond donors (Lipinski definition) is 1. The Balaban J connectivity index is 2.56. The maximum atomic E-state index is 4.21. The second kappa shape index (κ2) is 4.49. The lowest BCUT2D eigenvalue weighted by atomic mass is 9.98. The Bertz CT molecular complexity index is 555. The van der Waals surface area contributed by atoms with Crippen molar-refractivity contribution in [1.29, 1.82) is 0 Å². The van der Waals surface area contributed by atoms with Crippen LogP contribution < -0.4 is 0 Å². The molecule has 0 spiro atoms. The maximum absolute atomic E-state index is 4.21. The number of benzene rings is 1. The molecule has 17 heavy (non-hydrogen) atoms. The number of aromatic amines is 1. The lowest BCUT2D eigenvalue weighted by Crippen LogP contribution is -1.92. The van der Waals surface area contributed by atoms with Gasteiger partial charge in [0.2, 0.25) is 0 Å². The van der Waals surface area contributed by atoms with E-state index in [0.717, 1.165) is 17.0 Å². The number of nitrogens with one attached hydrogen (secondary N) is 1. The molecule has 0 saturated heterocycles. The van der Waals surface area contributed by atoms with Crippen LogP contribution in [0.1, 0.15) is 22.4 Å². The Hall–Kier alpha value is -1.97. The predicted octanol–water partition coefficient (Wildman–Crippen LogP) is 2.60. The molecule has 2 rings (SSSR count). The summed E-state index contributed by atoms with van der Waals surface area (Å²) in [4.78, 5) is 3.86. The highest BCUT2D eigenvalue weighted by molar-refractivity contribution is 5.67. The fourth-order valence-corrected chi connectivity index (χ4v) is 1.90. The lowest BCUT2D eigenvalue weighted by Gasteiger charge is -2.08. The molecule has 1 aromatic heterocycles. The van der Waals surface area contributed by atoms with Crippen LogP contribution in [0, 0.1) is 20.8 Å². The molecule has 1 N–H and O–H groups in total. The minimum Gasteiger partial charge on any atom is -0.294 e. The van der Waals surface area contributed by atoms with Crippen molar-refractivity contribution in [3.63, 3.8) is 0 Å². The van der Waals surface area contributed by atoms with Crippen LogP contribution in [0.3, 0.4) is 0 Å². The van der Waals surface area contributed by atoms with Crippen molar-refractivity contribution in [2.75, 3.05) is 0 Å². The number of aryl methyl sites for hydroxylation is 3. The molecule has 1 aromatic carbocycles. The van der Waals surface area contributed by atoms with Crippen LogP contribution in [0.5, 0.6) is 0 Å². The van der Waals surface area contributed by atoms with E-state index in [2.05, 4.69) is 60.0 Å². The van der Waals surface area contributed by atoms with Gasteiger partial charge < -0.3 is 0 Å². The lowest BCUT2D eigenvalue weighted by molar-refractivity contribution is 0.901. The SMILES string of the molecule is C=NCc1n[nH]nc1-c1cc(C)c(C)cc1C. The van der Waals surface area contributed by atoms with Gasteiger partial charge >= 0.3 is 0 Å². The van der Waals surface area contributed by atoms with Gasteiger partial charge in [-0.1, -0.05) is 6.07 Å². The molecule has 0 amide bonds. The van der Waals surface area contributed by atoms with E-state index >= 15 is 0 Å². The number of aromatic nitrogens is 3. The Morgan fingerprint density at radius 2 is 1.82 bits per heavy atom. The fourth-order valence-electron chi connectivity index (χ4n) is 1.90. The summed E-state index contributed by atoms with van der Waals surface area (Å²) in [7, 11) is 0. The van der Waals surface area contributed by atoms with E-state index in [9.17, 15) is 0 Å².